The van der Waals surface area contributed by atoms with Crippen molar-refractivity contribution in [3.05, 3.63) is 12.4 Å². The summed E-state index contributed by atoms with van der Waals surface area (Å²) in [5.41, 5.74) is 0.423. The van der Waals surface area contributed by atoms with Gasteiger partial charge in [-0.1, -0.05) is 0 Å². The molecule has 6 nitrogen and oxygen atoms in total. The van der Waals surface area contributed by atoms with Crippen LogP contribution in [-0.2, 0) is 4.74 Å². The topological polar surface area (TPSA) is 75.3 Å². The van der Waals surface area contributed by atoms with E-state index in [1.807, 2.05) is 10.9 Å². The molecule has 1 aromatic rings. The van der Waals surface area contributed by atoms with Gasteiger partial charge in [0.15, 0.2) is 0 Å². The van der Waals surface area contributed by atoms with Crippen molar-refractivity contribution in [2.24, 2.45) is 4.99 Å². The number of aromatic nitrogens is 2. The van der Waals surface area contributed by atoms with E-state index in [2.05, 4.69) is 49.8 Å². The lowest BCUT2D eigenvalue weighted by molar-refractivity contribution is -0.170. The fourth-order valence-electron chi connectivity index (χ4n) is 3.00. The van der Waals surface area contributed by atoms with E-state index in [-0.39, 0.29) is 23.2 Å². The van der Waals surface area contributed by atoms with E-state index in [4.69, 9.17) is 10.1 Å². The Bertz CT molecular complexity index is 501. The van der Waals surface area contributed by atoms with Crippen LogP contribution in [0.2, 0.25) is 0 Å². The highest BCUT2D eigenvalue weighted by molar-refractivity contribution is 5.93. The highest BCUT2D eigenvalue weighted by atomic mass is 16.5. The molecule has 1 saturated heterocycles. The molecule has 0 radical (unpaired) electrons. The van der Waals surface area contributed by atoms with Crippen LogP contribution in [-0.4, -0.2) is 33.7 Å². The van der Waals surface area contributed by atoms with Crippen molar-refractivity contribution in [2.75, 3.05) is 5.32 Å². The minimum Gasteiger partial charge on any atom is -0.370 e. The summed E-state index contributed by atoms with van der Waals surface area (Å²) in [7, 11) is 0. The summed E-state index contributed by atoms with van der Waals surface area (Å²) in [5.74, 6) is 0.0252. The first kappa shape index (κ1) is 14.7. The van der Waals surface area contributed by atoms with Gasteiger partial charge in [-0.3, -0.25) is 10.1 Å². The number of rotatable bonds is 2. The van der Waals surface area contributed by atoms with Crippen LogP contribution in [0.4, 0.5) is 5.69 Å². The van der Waals surface area contributed by atoms with E-state index in [1.165, 1.54) is 0 Å². The van der Waals surface area contributed by atoms with Crippen LogP contribution in [0.25, 0.3) is 0 Å². The molecule has 1 aromatic heterocycles. The molecule has 1 aliphatic heterocycles. The van der Waals surface area contributed by atoms with Crippen LogP contribution < -0.4 is 5.32 Å². The molecule has 1 aliphatic rings. The lowest BCUT2D eigenvalue weighted by Gasteiger charge is -2.45. The standard InChI is InChI=1S/C14H23N5O/c1-13(2)6-11(7-14(3,4)20-13)19-9-10(8-17-19)18-12(15)16-5/h8-9,11H,5-7H2,1-4H3,(H2,15,18). The summed E-state index contributed by atoms with van der Waals surface area (Å²) >= 11 is 0. The smallest absolute Gasteiger partial charge is 0.219 e. The average molecular weight is 277 g/mol. The Morgan fingerprint density at radius 1 is 1.45 bits per heavy atom. The van der Waals surface area contributed by atoms with Crippen molar-refractivity contribution in [1.29, 1.82) is 5.41 Å². The minimum absolute atomic E-state index is 0.0252. The Labute approximate surface area is 119 Å². The Morgan fingerprint density at radius 3 is 2.60 bits per heavy atom. The fourth-order valence-corrected chi connectivity index (χ4v) is 3.00. The van der Waals surface area contributed by atoms with Crippen molar-refractivity contribution in [3.8, 4) is 0 Å². The van der Waals surface area contributed by atoms with Gasteiger partial charge in [-0.25, -0.2) is 4.99 Å². The predicted molar refractivity (Wildman–Crippen MR) is 80.6 cm³/mol. The van der Waals surface area contributed by atoms with Gasteiger partial charge in [-0.2, -0.15) is 5.10 Å². The number of nitrogens with zero attached hydrogens (tertiary/aromatic N) is 3. The summed E-state index contributed by atoms with van der Waals surface area (Å²) in [6, 6.07) is 0.287. The van der Waals surface area contributed by atoms with Gasteiger partial charge in [-0.05, 0) is 47.3 Å². The predicted octanol–water partition coefficient (Wildman–Crippen LogP) is 2.84. The largest absolute Gasteiger partial charge is 0.370 e. The van der Waals surface area contributed by atoms with E-state index in [9.17, 15) is 0 Å². The Morgan fingerprint density at radius 2 is 2.05 bits per heavy atom. The number of aliphatic imine (C=N–C) groups is 1. The van der Waals surface area contributed by atoms with Crippen LogP contribution >= 0.6 is 0 Å². The molecule has 0 spiro atoms. The number of ether oxygens (including phenoxy) is 1. The van der Waals surface area contributed by atoms with Crippen molar-refractivity contribution in [1.82, 2.24) is 9.78 Å². The van der Waals surface area contributed by atoms with Crippen LogP contribution in [0.1, 0.15) is 46.6 Å². The molecule has 110 valence electrons. The number of anilines is 1. The molecule has 0 atom stereocenters. The maximum absolute atomic E-state index is 7.46. The van der Waals surface area contributed by atoms with Crippen LogP contribution in [0.5, 0.6) is 0 Å². The van der Waals surface area contributed by atoms with Gasteiger partial charge in [0.1, 0.15) is 0 Å². The SMILES string of the molecule is C=NC(=N)Nc1cnn(C2CC(C)(C)OC(C)(C)C2)c1. The number of nitrogens with one attached hydrogen (secondary N) is 2. The summed E-state index contributed by atoms with van der Waals surface area (Å²) < 4.78 is 8.04. The molecule has 2 heterocycles. The van der Waals surface area contributed by atoms with Crippen molar-refractivity contribution < 1.29 is 4.74 Å². The third-order valence-electron chi connectivity index (χ3n) is 3.40. The van der Waals surface area contributed by atoms with Gasteiger partial charge >= 0.3 is 0 Å². The zero-order chi connectivity index (χ0) is 15.0. The zero-order valence-corrected chi connectivity index (χ0v) is 12.6. The second-order valence-electron chi connectivity index (χ2n) is 6.52. The van der Waals surface area contributed by atoms with Crippen molar-refractivity contribution in [3.63, 3.8) is 0 Å². The minimum atomic E-state index is -0.165. The Balaban J connectivity index is 2.15. The van der Waals surface area contributed by atoms with Gasteiger partial charge < -0.3 is 10.1 Å². The summed E-state index contributed by atoms with van der Waals surface area (Å²) in [6.45, 7) is 11.8. The first-order valence-corrected chi connectivity index (χ1v) is 6.77. The summed E-state index contributed by atoms with van der Waals surface area (Å²) in [6.07, 6.45) is 5.43. The van der Waals surface area contributed by atoms with Crippen LogP contribution in [0.15, 0.2) is 17.4 Å². The van der Waals surface area contributed by atoms with E-state index < -0.39 is 0 Å². The van der Waals surface area contributed by atoms with Gasteiger partial charge in [0.2, 0.25) is 5.96 Å². The summed E-state index contributed by atoms with van der Waals surface area (Å²) in [4.78, 5) is 3.52. The third-order valence-corrected chi connectivity index (χ3v) is 3.40. The Kier molecular flexibility index (Phi) is 3.69. The molecule has 2 N–H and O–H groups in total. The molecular weight excluding hydrogens is 254 g/mol. The van der Waals surface area contributed by atoms with Crippen LogP contribution in [0, 0.1) is 5.41 Å². The first-order chi connectivity index (χ1) is 9.21. The van der Waals surface area contributed by atoms with E-state index in [0.29, 0.717) is 0 Å². The third kappa shape index (κ3) is 3.45. The lowest BCUT2D eigenvalue weighted by Crippen LogP contribution is -2.45. The number of hydrogen-bond donors (Lipinski definition) is 2. The van der Waals surface area contributed by atoms with E-state index in [0.717, 1.165) is 18.5 Å². The zero-order valence-electron chi connectivity index (χ0n) is 12.6. The second-order valence-corrected chi connectivity index (χ2v) is 6.52. The maximum atomic E-state index is 7.46. The quantitative estimate of drug-likeness (QED) is 0.644. The summed E-state index contributed by atoms with van der Waals surface area (Å²) in [5, 5.41) is 14.7. The van der Waals surface area contributed by atoms with Crippen molar-refractivity contribution >= 4 is 18.4 Å². The molecule has 0 unspecified atom stereocenters. The number of guanidine groups is 1. The first-order valence-electron chi connectivity index (χ1n) is 6.77. The molecule has 0 amide bonds. The molecule has 0 aliphatic carbocycles. The normalized spacial score (nSPS) is 21.4. The molecule has 0 aromatic carbocycles. The average Bonchev–Trinajstić information content (AvgIpc) is 2.73. The molecule has 0 bridgehead atoms. The monoisotopic (exact) mass is 277 g/mol. The van der Waals surface area contributed by atoms with Crippen LogP contribution in [0.3, 0.4) is 0 Å². The van der Waals surface area contributed by atoms with E-state index >= 15 is 0 Å². The molecule has 20 heavy (non-hydrogen) atoms. The highest BCUT2D eigenvalue weighted by Gasteiger charge is 2.40. The molecule has 1 fully saturated rings. The second kappa shape index (κ2) is 5.01. The fraction of sp³-hybridized carbons (Fsp3) is 0.643. The van der Waals surface area contributed by atoms with Gasteiger partial charge in [0.05, 0.1) is 29.1 Å². The molecule has 2 rings (SSSR count). The van der Waals surface area contributed by atoms with E-state index in [1.54, 1.807) is 6.20 Å². The van der Waals surface area contributed by atoms with Crippen molar-refractivity contribution in [2.45, 2.75) is 57.8 Å². The van der Waals surface area contributed by atoms with Gasteiger partial charge in [0.25, 0.3) is 0 Å². The van der Waals surface area contributed by atoms with Gasteiger partial charge in [-0.15, -0.1) is 0 Å². The molecule has 6 heteroatoms. The molecule has 0 saturated carbocycles. The maximum Gasteiger partial charge on any atom is 0.219 e. The highest BCUT2D eigenvalue weighted by Crippen LogP contribution is 2.40. The Hall–Kier alpha value is -1.69. The number of hydrogen-bond acceptors (Lipinski definition) is 3. The molecular formula is C14H23N5O. The van der Waals surface area contributed by atoms with Gasteiger partial charge in [0, 0.05) is 6.20 Å². The lowest BCUT2D eigenvalue weighted by atomic mass is 9.85.